The van der Waals surface area contributed by atoms with Crippen LogP contribution in [0.2, 0.25) is 0 Å². The monoisotopic (exact) mass is 428 g/mol. The van der Waals surface area contributed by atoms with Crippen molar-refractivity contribution in [2.24, 2.45) is 0 Å². The highest BCUT2D eigenvalue weighted by Gasteiger charge is 2.15. The van der Waals surface area contributed by atoms with Crippen LogP contribution >= 0.6 is 0 Å². The number of ether oxygens (including phenoxy) is 1. The maximum Gasteiger partial charge on any atom is 0.339 e. The zero-order valence-corrected chi connectivity index (χ0v) is 18.0. The van der Waals surface area contributed by atoms with Crippen molar-refractivity contribution < 1.29 is 9.53 Å². The van der Waals surface area contributed by atoms with Gasteiger partial charge in [-0.15, -0.1) is 0 Å². The topological polar surface area (TPSA) is 86.1 Å². The average molecular weight is 428 g/mol. The van der Waals surface area contributed by atoms with Crippen molar-refractivity contribution in [3.05, 3.63) is 94.3 Å². The van der Waals surface area contributed by atoms with Crippen LogP contribution < -0.4 is 10.9 Å². The lowest BCUT2D eigenvalue weighted by Gasteiger charge is -2.15. The fraction of sp³-hybridized carbons (Fsp3) is 0.200. The molecule has 0 saturated carbocycles. The van der Waals surface area contributed by atoms with Gasteiger partial charge in [0.1, 0.15) is 5.82 Å². The Kier molecular flexibility index (Phi) is 6.26. The molecule has 7 nitrogen and oxygen atoms in total. The summed E-state index contributed by atoms with van der Waals surface area (Å²) in [6.45, 7) is 2.46. The SMILES string of the molecule is CCCc1nc2cccc(NCc3ccc(C(=O)OC)cn3)c2c(=O)n1-c1ccccc1. The van der Waals surface area contributed by atoms with Crippen LogP contribution in [0.25, 0.3) is 16.6 Å². The number of benzene rings is 2. The van der Waals surface area contributed by atoms with Crippen molar-refractivity contribution in [2.45, 2.75) is 26.3 Å². The van der Waals surface area contributed by atoms with Gasteiger partial charge in [0.15, 0.2) is 0 Å². The van der Waals surface area contributed by atoms with Crippen LogP contribution in [0.1, 0.15) is 35.2 Å². The molecule has 4 rings (SSSR count). The highest BCUT2D eigenvalue weighted by molar-refractivity contribution is 5.91. The number of anilines is 1. The molecule has 2 aromatic heterocycles. The number of carbonyl (C=O) groups is 1. The van der Waals surface area contributed by atoms with Crippen LogP contribution in [0.5, 0.6) is 0 Å². The van der Waals surface area contributed by atoms with Gasteiger partial charge in [0.2, 0.25) is 0 Å². The zero-order valence-electron chi connectivity index (χ0n) is 18.0. The molecule has 0 atom stereocenters. The molecular weight excluding hydrogens is 404 g/mol. The molecule has 1 N–H and O–H groups in total. The Hall–Kier alpha value is -4.00. The minimum atomic E-state index is -0.429. The summed E-state index contributed by atoms with van der Waals surface area (Å²) in [6, 6.07) is 18.6. The first-order chi connectivity index (χ1) is 15.6. The lowest BCUT2D eigenvalue weighted by Crippen LogP contribution is -2.24. The number of pyridine rings is 1. The molecule has 4 aromatic rings. The lowest BCUT2D eigenvalue weighted by molar-refractivity contribution is 0.0600. The van der Waals surface area contributed by atoms with E-state index in [1.807, 2.05) is 48.5 Å². The highest BCUT2D eigenvalue weighted by Crippen LogP contribution is 2.22. The molecule has 0 unspecified atom stereocenters. The second-order valence-electron chi connectivity index (χ2n) is 7.34. The van der Waals surface area contributed by atoms with Crippen LogP contribution in [-0.4, -0.2) is 27.6 Å². The smallest absolute Gasteiger partial charge is 0.339 e. The maximum atomic E-state index is 13.6. The second-order valence-corrected chi connectivity index (χ2v) is 7.34. The number of carbonyl (C=O) groups excluding carboxylic acids is 1. The molecule has 0 spiro atoms. The van der Waals surface area contributed by atoms with E-state index < -0.39 is 5.97 Å². The quantitative estimate of drug-likeness (QED) is 0.446. The van der Waals surface area contributed by atoms with E-state index in [1.54, 1.807) is 16.7 Å². The van der Waals surface area contributed by atoms with Crippen molar-refractivity contribution in [1.29, 1.82) is 0 Å². The molecule has 0 radical (unpaired) electrons. The normalized spacial score (nSPS) is 10.8. The third-order valence-corrected chi connectivity index (χ3v) is 5.16. The minimum Gasteiger partial charge on any atom is -0.465 e. The number of aryl methyl sites for hydroxylation is 1. The Morgan fingerprint density at radius 3 is 2.56 bits per heavy atom. The number of fused-ring (bicyclic) bond motifs is 1. The Labute approximate surface area is 185 Å². The standard InChI is InChI=1S/C25H24N4O3/c1-3-8-22-28-21-12-7-11-20(23(21)24(30)29(22)19-9-5-4-6-10-19)27-16-18-14-13-17(15-26-18)25(31)32-2/h4-7,9-15,27H,3,8,16H2,1-2H3. The van der Waals surface area contributed by atoms with Gasteiger partial charge < -0.3 is 10.1 Å². The molecule has 162 valence electrons. The molecule has 7 heteroatoms. The third-order valence-electron chi connectivity index (χ3n) is 5.16. The Morgan fingerprint density at radius 1 is 1.06 bits per heavy atom. The van der Waals surface area contributed by atoms with Gasteiger partial charge in [-0.1, -0.05) is 31.2 Å². The van der Waals surface area contributed by atoms with Gasteiger partial charge in [0, 0.05) is 18.3 Å². The van der Waals surface area contributed by atoms with E-state index in [9.17, 15) is 9.59 Å². The van der Waals surface area contributed by atoms with Crippen LogP contribution in [-0.2, 0) is 17.7 Å². The molecule has 0 bridgehead atoms. The van der Waals surface area contributed by atoms with Gasteiger partial charge in [-0.25, -0.2) is 9.78 Å². The predicted octanol–water partition coefficient (Wildman–Crippen LogP) is 4.13. The van der Waals surface area contributed by atoms with E-state index in [2.05, 4.69) is 17.2 Å². The fourth-order valence-corrected chi connectivity index (χ4v) is 3.61. The lowest BCUT2D eigenvalue weighted by atomic mass is 10.1. The fourth-order valence-electron chi connectivity index (χ4n) is 3.61. The van der Waals surface area contributed by atoms with E-state index in [4.69, 9.17) is 9.72 Å². The third kappa shape index (κ3) is 4.23. The first-order valence-corrected chi connectivity index (χ1v) is 10.5. The first kappa shape index (κ1) is 21.2. The van der Waals surface area contributed by atoms with Gasteiger partial charge in [-0.05, 0) is 42.8 Å². The van der Waals surface area contributed by atoms with Gasteiger partial charge in [-0.2, -0.15) is 0 Å². The average Bonchev–Trinajstić information content (AvgIpc) is 2.83. The summed E-state index contributed by atoms with van der Waals surface area (Å²) in [4.78, 5) is 34.3. The number of aromatic nitrogens is 3. The van der Waals surface area contributed by atoms with Crippen molar-refractivity contribution in [3.63, 3.8) is 0 Å². The van der Waals surface area contributed by atoms with E-state index in [0.29, 0.717) is 35.1 Å². The molecule has 0 amide bonds. The molecule has 32 heavy (non-hydrogen) atoms. The number of rotatable bonds is 7. The van der Waals surface area contributed by atoms with E-state index in [1.165, 1.54) is 13.3 Å². The summed E-state index contributed by atoms with van der Waals surface area (Å²) >= 11 is 0. The molecule has 0 aliphatic carbocycles. The molecule has 2 aromatic carbocycles. The summed E-state index contributed by atoms with van der Waals surface area (Å²) in [7, 11) is 1.33. The maximum absolute atomic E-state index is 13.6. The number of hydrogen-bond donors (Lipinski definition) is 1. The van der Waals surface area contributed by atoms with Crippen LogP contribution in [0.4, 0.5) is 5.69 Å². The summed E-state index contributed by atoms with van der Waals surface area (Å²) < 4.78 is 6.40. The predicted molar refractivity (Wildman–Crippen MR) is 124 cm³/mol. The highest BCUT2D eigenvalue weighted by atomic mass is 16.5. The number of esters is 1. The Bertz CT molecular complexity index is 1300. The summed E-state index contributed by atoms with van der Waals surface area (Å²) in [6.07, 6.45) is 3.07. The number of nitrogens with one attached hydrogen (secondary N) is 1. The summed E-state index contributed by atoms with van der Waals surface area (Å²) in [5.74, 6) is 0.315. The van der Waals surface area contributed by atoms with Gasteiger partial charge in [0.05, 0.1) is 41.5 Å². The number of hydrogen-bond acceptors (Lipinski definition) is 6. The molecule has 2 heterocycles. The zero-order chi connectivity index (χ0) is 22.5. The molecule has 0 saturated heterocycles. The first-order valence-electron chi connectivity index (χ1n) is 10.5. The minimum absolute atomic E-state index is 0.109. The van der Waals surface area contributed by atoms with Gasteiger partial charge in [0.25, 0.3) is 5.56 Å². The number of para-hydroxylation sites is 1. The number of methoxy groups -OCH3 is 1. The van der Waals surface area contributed by atoms with Crippen LogP contribution in [0, 0.1) is 0 Å². The van der Waals surface area contributed by atoms with E-state index in [-0.39, 0.29) is 5.56 Å². The van der Waals surface area contributed by atoms with E-state index >= 15 is 0 Å². The molecular formula is C25H24N4O3. The molecule has 0 fully saturated rings. The van der Waals surface area contributed by atoms with Gasteiger partial charge >= 0.3 is 5.97 Å². The summed E-state index contributed by atoms with van der Waals surface area (Å²) in [5.41, 5.74) is 3.15. The Balaban J connectivity index is 1.73. The van der Waals surface area contributed by atoms with Crippen molar-refractivity contribution in [2.75, 3.05) is 12.4 Å². The summed E-state index contributed by atoms with van der Waals surface area (Å²) in [5, 5.41) is 3.84. The second kappa shape index (κ2) is 9.43. The van der Waals surface area contributed by atoms with Crippen LogP contribution in [0.3, 0.4) is 0 Å². The van der Waals surface area contributed by atoms with Crippen molar-refractivity contribution in [3.8, 4) is 5.69 Å². The van der Waals surface area contributed by atoms with Crippen molar-refractivity contribution in [1.82, 2.24) is 14.5 Å². The number of nitrogens with zero attached hydrogens (tertiary/aromatic N) is 3. The molecule has 0 aliphatic heterocycles. The largest absolute Gasteiger partial charge is 0.465 e. The van der Waals surface area contributed by atoms with Crippen LogP contribution in [0.15, 0.2) is 71.7 Å². The Morgan fingerprint density at radius 2 is 1.88 bits per heavy atom. The van der Waals surface area contributed by atoms with Gasteiger partial charge in [-0.3, -0.25) is 14.3 Å². The van der Waals surface area contributed by atoms with E-state index in [0.717, 1.165) is 23.6 Å². The molecule has 0 aliphatic rings. The van der Waals surface area contributed by atoms with Crippen molar-refractivity contribution >= 4 is 22.6 Å².